The molecular formula is C6H13NO3. The molecule has 60 valence electrons. The summed E-state index contributed by atoms with van der Waals surface area (Å²) in [5.74, 6) is -0.225. The predicted octanol–water partition coefficient (Wildman–Crippen LogP) is -0.223. The smallest absolute Gasteiger partial charge is 0.248 e. The molecule has 0 aromatic carbocycles. The molecule has 0 fully saturated rings. The molecule has 0 rings (SSSR count). The van der Waals surface area contributed by atoms with Gasteiger partial charge in [-0.2, -0.15) is 0 Å². The number of carbonyl (C=O) groups is 1. The van der Waals surface area contributed by atoms with E-state index in [0.29, 0.717) is 0 Å². The van der Waals surface area contributed by atoms with Crippen LogP contribution in [0.25, 0.3) is 0 Å². The van der Waals surface area contributed by atoms with Gasteiger partial charge in [-0.15, -0.1) is 0 Å². The van der Waals surface area contributed by atoms with Crippen molar-refractivity contribution in [2.24, 2.45) is 0 Å². The van der Waals surface area contributed by atoms with E-state index < -0.39 is 6.10 Å². The Morgan fingerprint density at radius 3 is 2.60 bits per heavy atom. The summed E-state index contributed by atoms with van der Waals surface area (Å²) in [5, 5.41) is 9.85. The lowest BCUT2D eigenvalue weighted by molar-refractivity contribution is -0.170. The number of nitrogens with zero attached hydrogens (tertiary/aromatic N) is 1. The summed E-state index contributed by atoms with van der Waals surface area (Å²) in [6.45, 7) is 1.56. The SMILES string of the molecule is CON(C)C(=O)CC(C)O. The van der Waals surface area contributed by atoms with Crippen molar-refractivity contribution in [1.29, 1.82) is 0 Å². The number of aliphatic hydroxyl groups is 1. The van der Waals surface area contributed by atoms with Gasteiger partial charge in [-0.05, 0) is 6.92 Å². The molecule has 1 atom stereocenters. The Labute approximate surface area is 60.3 Å². The van der Waals surface area contributed by atoms with E-state index in [-0.39, 0.29) is 12.3 Å². The highest BCUT2D eigenvalue weighted by atomic mass is 16.7. The van der Waals surface area contributed by atoms with Gasteiger partial charge in [0.1, 0.15) is 0 Å². The Hall–Kier alpha value is -0.610. The summed E-state index contributed by atoms with van der Waals surface area (Å²) >= 11 is 0. The summed E-state index contributed by atoms with van der Waals surface area (Å²) < 4.78 is 0. The lowest BCUT2D eigenvalue weighted by Crippen LogP contribution is -2.27. The lowest BCUT2D eigenvalue weighted by atomic mass is 10.3. The molecule has 0 saturated heterocycles. The fourth-order valence-electron chi connectivity index (χ4n) is 0.483. The Morgan fingerprint density at radius 2 is 2.30 bits per heavy atom. The molecule has 0 radical (unpaired) electrons. The average molecular weight is 147 g/mol. The number of hydrogen-bond donors (Lipinski definition) is 1. The van der Waals surface area contributed by atoms with E-state index in [4.69, 9.17) is 5.11 Å². The monoisotopic (exact) mass is 147 g/mol. The molecule has 1 N–H and O–H groups in total. The van der Waals surface area contributed by atoms with E-state index in [1.165, 1.54) is 14.2 Å². The van der Waals surface area contributed by atoms with Gasteiger partial charge in [0.25, 0.3) is 0 Å². The third-order valence-corrected chi connectivity index (χ3v) is 1.10. The molecule has 0 aromatic rings. The highest BCUT2D eigenvalue weighted by Crippen LogP contribution is 1.94. The van der Waals surface area contributed by atoms with Gasteiger partial charge in [-0.3, -0.25) is 9.63 Å². The average Bonchev–Trinajstić information content (AvgIpc) is 1.85. The van der Waals surface area contributed by atoms with Gasteiger partial charge in [0, 0.05) is 7.05 Å². The molecule has 4 nitrogen and oxygen atoms in total. The zero-order valence-corrected chi connectivity index (χ0v) is 6.50. The molecule has 10 heavy (non-hydrogen) atoms. The second-order valence-electron chi connectivity index (χ2n) is 2.13. The summed E-state index contributed by atoms with van der Waals surface area (Å²) in [7, 11) is 2.91. The maximum absolute atomic E-state index is 10.8. The molecule has 0 aliphatic heterocycles. The van der Waals surface area contributed by atoms with Crippen molar-refractivity contribution in [3.05, 3.63) is 0 Å². The van der Waals surface area contributed by atoms with Crippen molar-refractivity contribution in [2.75, 3.05) is 14.2 Å². The van der Waals surface area contributed by atoms with Crippen LogP contribution in [0.4, 0.5) is 0 Å². The van der Waals surface area contributed by atoms with Crippen LogP contribution >= 0.6 is 0 Å². The molecule has 0 spiro atoms. The normalized spacial score (nSPS) is 12.8. The summed E-state index contributed by atoms with van der Waals surface area (Å²) in [6, 6.07) is 0. The highest BCUT2D eigenvalue weighted by molar-refractivity contribution is 5.75. The number of hydroxylamine groups is 2. The minimum Gasteiger partial charge on any atom is -0.393 e. The Morgan fingerprint density at radius 1 is 1.80 bits per heavy atom. The van der Waals surface area contributed by atoms with E-state index in [2.05, 4.69) is 4.84 Å². The fraction of sp³-hybridized carbons (Fsp3) is 0.833. The van der Waals surface area contributed by atoms with E-state index >= 15 is 0 Å². The molecule has 1 amide bonds. The van der Waals surface area contributed by atoms with Crippen LogP contribution < -0.4 is 0 Å². The molecule has 0 bridgehead atoms. The van der Waals surface area contributed by atoms with Crippen LogP contribution in [0.2, 0.25) is 0 Å². The van der Waals surface area contributed by atoms with Crippen molar-refractivity contribution in [3.8, 4) is 0 Å². The number of carbonyl (C=O) groups excluding carboxylic acids is 1. The Balaban J connectivity index is 3.62. The van der Waals surface area contributed by atoms with Gasteiger partial charge in [-0.1, -0.05) is 0 Å². The Bertz CT molecular complexity index is 114. The first-order valence-electron chi connectivity index (χ1n) is 3.06. The highest BCUT2D eigenvalue weighted by Gasteiger charge is 2.09. The standard InChI is InChI=1S/C6H13NO3/c1-5(8)4-6(9)7(2)10-3/h5,8H,4H2,1-3H3. The second-order valence-corrected chi connectivity index (χ2v) is 2.13. The molecule has 0 heterocycles. The third-order valence-electron chi connectivity index (χ3n) is 1.10. The van der Waals surface area contributed by atoms with Crippen molar-refractivity contribution >= 4 is 5.91 Å². The van der Waals surface area contributed by atoms with Crippen LogP contribution in [0, 0.1) is 0 Å². The largest absolute Gasteiger partial charge is 0.393 e. The van der Waals surface area contributed by atoms with Gasteiger partial charge in [0.2, 0.25) is 5.91 Å². The first kappa shape index (κ1) is 9.39. The summed E-state index contributed by atoms with van der Waals surface area (Å²) in [6.07, 6.45) is -0.505. The topological polar surface area (TPSA) is 49.8 Å². The van der Waals surface area contributed by atoms with Crippen molar-refractivity contribution < 1.29 is 14.7 Å². The molecule has 4 heteroatoms. The first-order valence-corrected chi connectivity index (χ1v) is 3.06. The van der Waals surface area contributed by atoms with Crippen molar-refractivity contribution in [1.82, 2.24) is 5.06 Å². The number of amides is 1. The van der Waals surface area contributed by atoms with E-state index in [9.17, 15) is 4.79 Å². The molecule has 0 aliphatic rings. The molecule has 0 aromatic heterocycles. The van der Waals surface area contributed by atoms with Crippen molar-refractivity contribution in [2.45, 2.75) is 19.4 Å². The number of rotatable bonds is 3. The maximum atomic E-state index is 10.8. The van der Waals surface area contributed by atoms with Crippen LogP contribution in [-0.4, -0.2) is 36.3 Å². The minimum absolute atomic E-state index is 0.102. The van der Waals surface area contributed by atoms with E-state index in [1.54, 1.807) is 6.92 Å². The van der Waals surface area contributed by atoms with Gasteiger partial charge < -0.3 is 5.11 Å². The maximum Gasteiger partial charge on any atom is 0.248 e. The number of hydrogen-bond acceptors (Lipinski definition) is 3. The lowest BCUT2D eigenvalue weighted by Gasteiger charge is -2.13. The van der Waals surface area contributed by atoms with Crippen LogP contribution in [0.3, 0.4) is 0 Å². The van der Waals surface area contributed by atoms with E-state index in [1.807, 2.05) is 0 Å². The van der Waals surface area contributed by atoms with Crippen LogP contribution in [0.1, 0.15) is 13.3 Å². The van der Waals surface area contributed by atoms with Crippen molar-refractivity contribution in [3.63, 3.8) is 0 Å². The van der Waals surface area contributed by atoms with Gasteiger partial charge in [0.05, 0.1) is 19.6 Å². The molecular weight excluding hydrogens is 134 g/mol. The van der Waals surface area contributed by atoms with Crippen LogP contribution in [0.15, 0.2) is 0 Å². The van der Waals surface area contributed by atoms with E-state index in [0.717, 1.165) is 5.06 Å². The Kier molecular flexibility index (Phi) is 3.99. The summed E-state index contributed by atoms with van der Waals surface area (Å²) in [5.41, 5.74) is 0. The first-order chi connectivity index (χ1) is 4.57. The fourth-order valence-corrected chi connectivity index (χ4v) is 0.483. The molecule has 1 unspecified atom stereocenters. The zero-order valence-electron chi connectivity index (χ0n) is 6.50. The van der Waals surface area contributed by atoms with Gasteiger partial charge in [-0.25, -0.2) is 5.06 Å². The van der Waals surface area contributed by atoms with Crippen LogP contribution in [-0.2, 0) is 9.63 Å². The van der Waals surface area contributed by atoms with Crippen LogP contribution in [0.5, 0.6) is 0 Å². The zero-order chi connectivity index (χ0) is 8.15. The summed E-state index contributed by atoms with van der Waals surface area (Å²) in [4.78, 5) is 15.4. The van der Waals surface area contributed by atoms with Gasteiger partial charge >= 0.3 is 0 Å². The second kappa shape index (κ2) is 4.24. The minimum atomic E-state index is -0.606. The predicted molar refractivity (Wildman–Crippen MR) is 36.1 cm³/mol. The quantitative estimate of drug-likeness (QED) is 0.561. The third kappa shape index (κ3) is 3.42. The van der Waals surface area contributed by atoms with Gasteiger partial charge in [0.15, 0.2) is 0 Å². The molecule has 0 aliphatic carbocycles. The molecule has 0 saturated carbocycles. The number of aliphatic hydroxyl groups excluding tert-OH is 1.